The van der Waals surface area contributed by atoms with Gasteiger partial charge in [-0.15, -0.1) is 11.3 Å². The van der Waals surface area contributed by atoms with E-state index >= 15 is 0 Å². The van der Waals surface area contributed by atoms with Crippen LogP contribution in [0.25, 0.3) is 10.6 Å². The second kappa shape index (κ2) is 8.92. The molecule has 0 bridgehead atoms. The summed E-state index contributed by atoms with van der Waals surface area (Å²) >= 11 is 1.58. The number of thiophene rings is 1. The number of amides is 1. The monoisotopic (exact) mass is 417 g/mol. The Labute approximate surface area is 179 Å². The lowest BCUT2D eigenvalue weighted by molar-refractivity contribution is 0.0951. The third kappa shape index (κ3) is 4.58. The summed E-state index contributed by atoms with van der Waals surface area (Å²) in [4.78, 5) is 20.3. The van der Waals surface area contributed by atoms with Crippen LogP contribution in [0, 0.1) is 0 Å². The molecule has 0 aliphatic heterocycles. The third-order valence-corrected chi connectivity index (χ3v) is 5.55. The van der Waals surface area contributed by atoms with Gasteiger partial charge in [-0.05, 0) is 28.6 Å². The topological polar surface area (TPSA) is 63.1 Å². The van der Waals surface area contributed by atoms with E-state index < -0.39 is 0 Å². The second-order valence-corrected chi connectivity index (χ2v) is 8.10. The molecule has 0 radical (unpaired) electrons. The van der Waals surface area contributed by atoms with Crippen LogP contribution in [-0.4, -0.2) is 34.8 Å². The molecule has 0 fully saturated rings. The molecular formula is C23H23N5OS. The summed E-state index contributed by atoms with van der Waals surface area (Å²) in [6.45, 7) is 1.02. The molecule has 1 amide bonds. The van der Waals surface area contributed by atoms with Crippen LogP contribution in [-0.2, 0) is 13.1 Å². The molecule has 3 heterocycles. The minimum Gasteiger partial charge on any atom is -0.363 e. The van der Waals surface area contributed by atoms with Crippen LogP contribution < -0.4 is 10.2 Å². The molecule has 0 spiro atoms. The van der Waals surface area contributed by atoms with Crippen molar-refractivity contribution in [2.75, 3.05) is 19.0 Å². The van der Waals surface area contributed by atoms with E-state index in [1.807, 2.05) is 77.7 Å². The SMILES string of the molecule is CN(C)c1ccc(CNC(=O)c2cn(Cc3ccccc3)nc2-c2cccs2)cn1. The lowest BCUT2D eigenvalue weighted by atomic mass is 10.2. The Hall–Kier alpha value is -3.45. The molecule has 4 rings (SSSR count). The predicted octanol–water partition coefficient (Wildman–Crippen LogP) is 4.05. The van der Waals surface area contributed by atoms with Crippen LogP contribution >= 0.6 is 11.3 Å². The third-order valence-electron chi connectivity index (χ3n) is 4.67. The number of hydrogen-bond donors (Lipinski definition) is 1. The predicted molar refractivity (Wildman–Crippen MR) is 121 cm³/mol. The van der Waals surface area contributed by atoms with Gasteiger partial charge in [-0.3, -0.25) is 9.48 Å². The van der Waals surface area contributed by atoms with Gasteiger partial charge in [0.1, 0.15) is 11.5 Å². The van der Waals surface area contributed by atoms with Gasteiger partial charge in [0.25, 0.3) is 5.91 Å². The molecule has 0 saturated heterocycles. The standard InChI is InChI=1S/C23H23N5OS/c1-27(2)21-11-10-18(13-24-21)14-25-23(29)19-16-28(15-17-7-4-3-5-8-17)26-22(19)20-9-6-12-30-20/h3-13,16H,14-15H2,1-2H3,(H,25,29). The van der Waals surface area contributed by atoms with Gasteiger partial charge in [-0.25, -0.2) is 4.98 Å². The molecule has 3 aromatic heterocycles. The van der Waals surface area contributed by atoms with Crippen molar-refractivity contribution in [1.82, 2.24) is 20.1 Å². The average molecular weight is 418 g/mol. The Kier molecular flexibility index (Phi) is 5.90. The Morgan fingerprint density at radius 2 is 1.90 bits per heavy atom. The van der Waals surface area contributed by atoms with Crippen LogP contribution in [0.5, 0.6) is 0 Å². The number of anilines is 1. The van der Waals surface area contributed by atoms with Crippen LogP contribution in [0.15, 0.2) is 72.4 Å². The van der Waals surface area contributed by atoms with Crippen molar-refractivity contribution in [3.8, 4) is 10.6 Å². The second-order valence-electron chi connectivity index (χ2n) is 7.15. The zero-order valence-corrected chi connectivity index (χ0v) is 17.8. The molecule has 0 unspecified atom stereocenters. The maximum Gasteiger partial charge on any atom is 0.255 e. The molecule has 6 nitrogen and oxygen atoms in total. The van der Waals surface area contributed by atoms with E-state index in [0.29, 0.717) is 24.3 Å². The molecule has 0 saturated carbocycles. The van der Waals surface area contributed by atoms with E-state index in [9.17, 15) is 4.79 Å². The quantitative estimate of drug-likeness (QED) is 0.493. The number of nitrogens with one attached hydrogen (secondary N) is 1. The van der Waals surface area contributed by atoms with E-state index in [1.165, 1.54) is 0 Å². The number of rotatable bonds is 7. The Morgan fingerprint density at radius 1 is 1.07 bits per heavy atom. The summed E-state index contributed by atoms with van der Waals surface area (Å²) < 4.78 is 1.83. The first-order valence-electron chi connectivity index (χ1n) is 9.66. The van der Waals surface area contributed by atoms with Crippen molar-refractivity contribution >= 4 is 23.1 Å². The molecule has 1 aromatic carbocycles. The van der Waals surface area contributed by atoms with E-state index in [2.05, 4.69) is 22.4 Å². The fourth-order valence-electron chi connectivity index (χ4n) is 3.10. The number of carbonyl (C=O) groups excluding carboxylic acids is 1. The fourth-order valence-corrected chi connectivity index (χ4v) is 3.82. The number of benzene rings is 1. The van der Waals surface area contributed by atoms with Gasteiger partial charge < -0.3 is 10.2 Å². The van der Waals surface area contributed by atoms with E-state index in [0.717, 1.165) is 21.8 Å². The Bertz CT molecular complexity index is 1100. The van der Waals surface area contributed by atoms with Gasteiger partial charge in [-0.1, -0.05) is 42.5 Å². The van der Waals surface area contributed by atoms with Crippen molar-refractivity contribution in [1.29, 1.82) is 0 Å². The van der Waals surface area contributed by atoms with Crippen LogP contribution in [0.3, 0.4) is 0 Å². The van der Waals surface area contributed by atoms with E-state index in [-0.39, 0.29) is 5.91 Å². The summed E-state index contributed by atoms with van der Waals surface area (Å²) in [5, 5.41) is 9.70. The van der Waals surface area contributed by atoms with E-state index in [4.69, 9.17) is 5.10 Å². The Balaban J connectivity index is 1.53. The molecule has 0 aliphatic rings. The average Bonchev–Trinajstić information content (AvgIpc) is 3.43. The molecule has 1 N–H and O–H groups in total. The highest BCUT2D eigenvalue weighted by molar-refractivity contribution is 7.13. The van der Waals surface area contributed by atoms with Crippen molar-refractivity contribution in [3.05, 3.63) is 89.1 Å². The van der Waals surface area contributed by atoms with Gasteiger partial charge in [0, 0.05) is 33.0 Å². The highest BCUT2D eigenvalue weighted by Crippen LogP contribution is 2.27. The summed E-state index contributed by atoms with van der Waals surface area (Å²) in [6.07, 6.45) is 3.61. The lowest BCUT2D eigenvalue weighted by Crippen LogP contribution is -2.23. The van der Waals surface area contributed by atoms with Crippen LogP contribution in [0.4, 0.5) is 5.82 Å². The number of aromatic nitrogens is 3. The zero-order valence-electron chi connectivity index (χ0n) is 16.9. The van der Waals surface area contributed by atoms with Crippen LogP contribution in [0.2, 0.25) is 0 Å². The van der Waals surface area contributed by atoms with Gasteiger partial charge in [-0.2, -0.15) is 5.10 Å². The van der Waals surface area contributed by atoms with Gasteiger partial charge in [0.2, 0.25) is 0 Å². The maximum atomic E-state index is 13.0. The number of pyridine rings is 1. The minimum absolute atomic E-state index is 0.144. The normalized spacial score (nSPS) is 10.7. The first-order valence-corrected chi connectivity index (χ1v) is 10.5. The molecule has 30 heavy (non-hydrogen) atoms. The van der Waals surface area contributed by atoms with Gasteiger partial charge in [0.05, 0.1) is 17.0 Å². The first kappa shape index (κ1) is 19.8. The van der Waals surface area contributed by atoms with Crippen molar-refractivity contribution < 1.29 is 4.79 Å². The molecule has 152 valence electrons. The number of carbonyl (C=O) groups is 1. The number of nitrogens with zero attached hydrogens (tertiary/aromatic N) is 4. The minimum atomic E-state index is -0.144. The fraction of sp³-hybridized carbons (Fsp3) is 0.174. The summed E-state index contributed by atoms with van der Waals surface area (Å²) in [6, 6.07) is 18.0. The highest BCUT2D eigenvalue weighted by Gasteiger charge is 2.19. The summed E-state index contributed by atoms with van der Waals surface area (Å²) in [5.74, 6) is 0.738. The lowest BCUT2D eigenvalue weighted by Gasteiger charge is -2.11. The molecule has 0 aliphatic carbocycles. The van der Waals surface area contributed by atoms with Crippen molar-refractivity contribution in [3.63, 3.8) is 0 Å². The summed E-state index contributed by atoms with van der Waals surface area (Å²) in [5.41, 5.74) is 3.37. The smallest absolute Gasteiger partial charge is 0.255 e. The van der Waals surface area contributed by atoms with Gasteiger partial charge >= 0.3 is 0 Å². The highest BCUT2D eigenvalue weighted by atomic mass is 32.1. The summed E-state index contributed by atoms with van der Waals surface area (Å²) in [7, 11) is 3.89. The Morgan fingerprint density at radius 3 is 2.57 bits per heavy atom. The maximum absolute atomic E-state index is 13.0. The van der Waals surface area contributed by atoms with Crippen molar-refractivity contribution in [2.24, 2.45) is 0 Å². The molecule has 4 aromatic rings. The zero-order chi connectivity index (χ0) is 20.9. The first-order chi connectivity index (χ1) is 14.6. The van der Waals surface area contributed by atoms with Crippen LogP contribution in [0.1, 0.15) is 21.5 Å². The van der Waals surface area contributed by atoms with Gasteiger partial charge in [0.15, 0.2) is 0 Å². The molecule has 7 heteroatoms. The largest absolute Gasteiger partial charge is 0.363 e. The van der Waals surface area contributed by atoms with Crippen molar-refractivity contribution in [2.45, 2.75) is 13.1 Å². The molecular weight excluding hydrogens is 394 g/mol. The number of hydrogen-bond acceptors (Lipinski definition) is 5. The van der Waals surface area contributed by atoms with E-state index in [1.54, 1.807) is 17.5 Å². The molecule has 0 atom stereocenters.